The molecule has 0 bridgehead atoms. The Kier molecular flexibility index (Phi) is 7.98. The molecule has 0 spiro atoms. The first-order chi connectivity index (χ1) is 11.4. The second-order valence-electron chi connectivity index (χ2n) is 5.54. The topological polar surface area (TPSA) is 87.8 Å². The van der Waals surface area contributed by atoms with E-state index in [0.717, 1.165) is 5.56 Å². The Morgan fingerprint density at radius 3 is 2.25 bits per heavy atom. The minimum absolute atomic E-state index is 0.129. The van der Waals surface area contributed by atoms with Crippen molar-refractivity contribution in [1.82, 2.24) is 0 Å². The van der Waals surface area contributed by atoms with Crippen LogP contribution in [0.3, 0.4) is 0 Å². The van der Waals surface area contributed by atoms with Gasteiger partial charge in [-0.3, -0.25) is 4.79 Å². The Hall–Kier alpha value is -2.34. The molecule has 0 atom stereocenters. The van der Waals surface area contributed by atoms with Gasteiger partial charge in [-0.05, 0) is 17.7 Å². The minimum atomic E-state index is -0.511. The monoisotopic (exact) mass is 335 g/mol. The zero-order valence-corrected chi connectivity index (χ0v) is 14.6. The van der Waals surface area contributed by atoms with E-state index in [1.165, 1.54) is 14.0 Å². The van der Waals surface area contributed by atoms with Crippen molar-refractivity contribution in [2.45, 2.75) is 27.2 Å². The average molecular weight is 335 g/mol. The van der Waals surface area contributed by atoms with Crippen LogP contribution in [0, 0.1) is 5.92 Å². The predicted molar refractivity (Wildman–Crippen MR) is 90.3 cm³/mol. The average Bonchev–Trinajstić information content (AvgIpc) is 2.56. The lowest BCUT2D eigenvalue weighted by atomic mass is 9.99. The van der Waals surface area contributed by atoms with E-state index >= 15 is 0 Å². The van der Waals surface area contributed by atoms with Crippen molar-refractivity contribution in [2.24, 2.45) is 11.7 Å². The Bertz CT molecular complexity index is 590. The van der Waals surface area contributed by atoms with Gasteiger partial charge in [-0.25, -0.2) is 4.79 Å². The van der Waals surface area contributed by atoms with Gasteiger partial charge in [-0.1, -0.05) is 26.0 Å². The molecule has 6 nitrogen and oxygen atoms in total. The largest absolute Gasteiger partial charge is 0.492 e. The van der Waals surface area contributed by atoms with E-state index in [1.807, 2.05) is 26.0 Å². The van der Waals surface area contributed by atoms with Crippen molar-refractivity contribution in [1.29, 1.82) is 0 Å². The molecule has 0 saturated carbocycles. The molecule has 1 aromatic rings. The molecule has 0 aliphatic carbocycles. The summed E-state index contributed by atoms with van der Waals surface area (Å²) in [5, 5.41) is 0. The molecule has 0 fully saturated rings. The second kappa shape index (κ2) is 9.72. The van der Waals surface area contributed by atoms with E-state index in [1.54, 1.807) is 12.1 Å². The van der Waals surface area contributed by atoms with E-state index in [2.05, 4.69) is 0 Å². The van der Waals surface area contributed by atoms with Gasteiger partial charge in [0.05, 0.1) is 12.7 Å². The Labute approximate surface area is 142 Å². The van der Waals surface area contributed by atoms with E-state index < -0.39 is 11.9 Å². The van der Waals surface area contributed by atoms with Crippen LogP contribution in [0.25, 0.3) is 0 Å². The molecule has 132 valence electrons. The summed E-state index contributed by atoms with van der Waals surface area (Å²) in [6, 6.07) is 7.31. The van der Waals surface area contributed by atoms with Crippen LogP contribution in [0.2, 0.25) is 0 Å². The lowest BCUT2D eigenvalue weighted by molar-refractivity contribution is -0.139. The standard InChI is InChI=1S/C18H25NO5/c1-12(2)17(24-13(3)20)16(18(21)22-4)11-14-5-7-15(8-6-14)23-10-9-19/h5-8,12H,9-11,19H2,1-4H3/b17-16-. The number of allylic oxidation sites excluding steroid dienone is 1. The first-order valence-corrected chi connectivity index (χ1v) is 7.80. The molecule has 0 aliphatic rings. The Morgan fingerprint density at radius 2 is 1.79 bits per heavy atom. The molecular formula is C18H25NO5. The molecule has 0 amide bonds. The molecule has 0 radical (unpaired) electrons. The summed E-state index contributed by atoms with van der Waals surface area (Å²) >= 11 is 0. The van der Waals surface area contributed by atoms with E-state index in [0.29, 0.717) is 36.7 Å². The summed E-state index contributed by atoms with van der Waals surface area (Å²) in [5.74, 6) is -0.0705. The number of hydrogen-bond donors (Lipinski definition) is 1. The Morgan fingerprint density at radius 1 is 1.17 bits per heavy atom. The van der Waals surface area contributed by atoms with Gasteiger partial charge in [0.15, 0.2) is 0 Å². The van der Waals surface area contributed by atoms with E-state index in [9.17, 15) is 9.59 Å². The molecule has 24 heavy (non-hydrogen) atoms. The number of methoxy groups -OCH3 is 1. The fraction of sp³-hybridized carbons (Fsp3) is 0.444. The van der Waals surface area contributed by atoms with Gasteiger partial charge in [0.2, 0.25) is 0 Å². The van der Waals surface area contributed by atoms with Crippen molar-refractivity contribution >= 4 is 11.9 Å². The fourth-order valence-electron chi connectivity index (χ4n) is 2.15. The van der Waals surface area contributed by atoms with Crippen molar-refractivity contribution < 1.29 is 23.8 Å². The van der Waals surface area contributed by atoms with Crippen LogP contribution in [-0.4, -0.2) is 32.2 Å². The summed E-state index contributed by atoms with van der Waals surface area (Å²) in [4.78, 5) is 23.5. The molecule has 0 heterocycles. The third-order valence-corrected chi connectivity index (χ3v) is 3.20. The highest BCUT2D eigenvalue weighted by Crippen LogP contribution is 2.23. The molecule has 1 aromatic carbocycles. The Balaban J connectivity index is 3.09. The van der Waals surface area contributed by atoms with Gasteiger partial charge in [-0.2, -0.15) is 0 Å². The maximum atomic E-state index is 12.1. The maximum Gasteiger partial charge on any atom is 0.337 e. The van der Waals surface area contributed by atoms with Gasteiger partial charge in [-0.15, -0.1) is 0 Å². The van der Waals surface area contributed by atoms with Crippen molar-refractivity contribution in [2.75, 3.05) is 20.3 Å². The summed E-state index contributed by atoms with van der Waals surface area (Å²) in [5.41, 5.74) is 6.61. The number of nitrogens with two attached hydrogens (primary N) is 1. The molecule has 6 heteroatoms. The van der Waals surface area contributed by atoms with E-state index in [4.69, 9.17) is 19.9 Å². The zero-order chi connectivity index (χ0) is 18.1. The van der Waals surface area contributed by atoms with E-state index in [-0.39, 0.29) is 5.92 Å². The van der Waals surface area contributed by atoms with Crippen LogP contribution in [0.1, 0.15) is 26.3 Å². The number of benzene rings is 1. The highest BCUT2D eigenvalue weighted by atomic mass is 16.5. The van der Waals surface area contributed by atoms with Gasteiger partial charge in [0.1, 0.15) is 18.1 Å². The van der Waals surface area contributed by atoms with Crippen LogP contribution < -0.4 is 10.5 Å². The zero-order valence-electron chi connectivity index (χ0n) is 14.6. The van der Waals surface area contributed by atoms with Crippen LogP contribution in [0.15, 0.2) is 35.6 Å². The number of rotatable bonds is 8. The molecule has 0 aromatic heterocycles. The lowest BCUT2D eigenvalue weighted by Gasteiger charge is -2.16. The summed E-state index contributed by atoms with van der Waals surface area (Å²) < 4.78 is 15.5. The smallest absolute Gasteiger partial charge is 0.337 e. The summed E-state index contributed by atoms with van der Waals surface area (Å²) in [7, 11) is 1.30. The maximum absolute atomic E-state index is 12.1. The number of carbonyl (C=O) groups excluding carboxylic acids is 2. The third kappa shape index (κ3) is 6.04. The molecule has 0 saturated heterocycles. The molecule has 0 unspecified atom stereocenters. The normalized spacial score (nSPS) is 11.8. The molecular weight excluding hydrogens is 310 g/mol. The SMILES string of the molecule is COC(=O)/C(Cc1ccc(OCCN)cc1)=C(\OC(C)=O)C(C)C. The van der Waals surface area contributed by atoms with Crippen molar-refractivity contribution in [3.05, 3.63) is 41.2 Å². The van der Waals surface area contributed by atoms with Crippen LogP contribution in [0.5, 0.6) is 5.75 Å². The quantitative estimate of drug-likeness (QED) is 0.445. The molecule has 2 N–H and O–H groups in total. The summed E-state index contributed by atoms with van der Waals surface area (Å²) in [6.45, 7) is 5.89. The van der Waals surface area contributed by atoms with Gasteiger partial charge >= 0.3 is 11.9 Å². The number of hydrogen-bond acceptors (Lipinski definition) is 6. The molecule has 1 rings (SSSR count). The first-order valence-electron chi connectivity index (χ1n) is 7.80. The first kappa shape index (κ1) is 19.7. The van der Waals surface area contributed by atoms with Gasteiger partial charge in [0.25, 0.3) is 0 Å². The number of ether oxygens (including phenoxy) is 3. The number of carbonyl (C=O) groups is 2. The number of esters is 2. The van der Waals surface area contributed by atoms with Crippen molar-refractivity contribution in [3.63, 3.8) is 0 Å². The highest BCUT2D eigenvalue weighted by Gasteiger charge is 2.22. The van der Waals surface area contributed by atoms with Gasteiger partial charge in [0, 0.05) is 25.8 Å². The van der Waals surface area contributed by atoms with Crippen LogP contribution in [-0.2, 0) is 25.5 Å². The van der Waals surface area contributed by atoms with Crippen LogP contribution >= 0.6 is 0 Å². The van der Waals surface area contributed by atoms with Crippen LogP contribution in [0.4, 0.5) is 0 Å². The minimum Gasteiger partial charge on any atom is -0.492 e. The fourth-order valence-corrected chi connectivity index (χ4v) is 2.15. The predicted octanol–water partition coefficient (Wildman–Crippen LogP) is 2.21. The summed E-state index contributed by atoms with van der Waals surface area (Å²) in [6.07, 6.45) is 0.296. The van der Waals surface area contributed by atoms with Crippen molar-refractivity contribution in [3.8, 4) is 5.75 Å². The highest BCUT2D eigenvalue weighted by molar-refractivity contribution is 5.90. The third-order valence-electron chi connectivity index (χ3n) is 3.20. The van der Waals surface area contributed by atoms with Gasteiger partial charge < -0.3 is 19.9 Å². The second-order valence-corrected chi connectivity index (χ2v) is 5.54. The molecule has 0 aliphatic heterocycles. The lowest BCUT2D eigenvalue weighted by Crippen LogP contribution is -2.16.